The predicted molar refractivity (Wildman–Crippen MR) is 112 cm³/mol. The minimum atomic E-state index is -3.79. The van der Waals surface area contributed by atoms with Crippen molar-refractivity contribution in [3.63, 3.8) is 0 Å². The Hall–Kier alpha value is -2.45. The van der Waals surface area contributed by atoms with Crippen LogP contribution < -0.4 is 9.62 Å². The number of imide groups is 1. The zero-order chi connectivity index (χ0) is 20.3. The van der Waals surface area contributed by atoms with E-state index in [1.54, 1.807) is 24.3 Å². The molecule has 1 N–H and O–H groups in total. The first kappa shape index (κ1) is 18.6. The second kappa shape index (κ2) is 6.53. The van der Waals surface area contributed by atoms with E-state index in [4.69, 9.17) is 0 Å². The summed E-state index contributed by atoms with van der Waals surface area (Å²) in [5.74, 6) is -0.640. The third kappa shape index (κ3) is 2.93. The average molecular weight is 473 g/mol. The molecule has 6 nitrogen and oxygen atoms in total. The molecule has 0 spiro atoms. The number of anilines is 2. The Labute approximate surface area is 176 Å². The van der Waals surface area contributed by atoms with Gasteiger partial charge in [0.1, 0.15) is 0 Å². The van der Waals surface area contributed by atoms with Crippen LogP contribution in [0.2, 0.25) is 0 Å². The molecule has 2 bridgehead atoms. The predicted octanol–water partition coefficient (Wildman–Crippen LogP) is 3.56. The largest absolute Gasteiger partial charge is 0.280 e. The maximum atomic E-state index is 12.9. The topological polar surface area (TPSA) is 83.6 Å². The highest BCUT2D eigenvalue weighted by molar-refractivity contribution is 9.10. The van der Waals surface area contributed by atoms with Gasteiger partial charge in [0.25, 0.3) is 10.0 Å². The molecule has 2 aromatic carbocycles. The van der Waals surface area contributed by atoms with Crippen molar-refractivity contribution in [3.8, 4) is 0 Å². The SMILES string of the molecule is O=C1C2[C@@H]3C=C[C@@H](C3)[C@@H]2C(=O)N1c1ccc(S(=O)(=O)Nc2cccc(Br)c2)cc1. The van der Waals surface area contributed by atoms with Crippen LogP contribution in [0.1, 0.15) is 6.42 Å². The number of fused-ring (bicyclic) bond motifs is 5. The van der Waals surface area contributed by atoms with Gasteiger partial charge < -0.3 is 0 Å². The number of benzene rings is 2. The van der Waals surface area contributed by atoms with E-state index in [9.17, 15) is 18.0 Å². The molecule has 1 saturated heterocycles. The third-order valence-corrected chi connectivity index (χ3v) is 7.84. The van der Waals surface area contributed by atoms with Crippen LogP contribution in [0.15, 0.2) is 70.1 Å². The second-order valence-corrected chi connectivity index (χ2v) is 10.2. The monoisotopic (exact) mass is 472 g/mol. The van der Waals surface area contributed by atoms with E-state index >= 15 is 0 Å². The molecule has 2 aliphatic carbocycles. The molecule has 0 radical (unpaired) electrons. The first-order valence-corrected chi connectivity index (χ1v) is 11.6. The maximum absolute atomic E-state index is 12.9. The van der Waals surface area contributed by atoms with Crippen LogP contribution in [0.3, 0.4) is 0 Å². The smallest absolute Gasteiger partial charge is 0.261 e. The number of rotatable bonds is 4. The number of carbonyl (C=O) groups is 2. The number of sulfonamides is 1. The number of halogens is 1. The molecule has 2 amide bonds. The highest BCUT2D eigenvalue weighted by atomic mass is 79.9. The van der Waals surface area contributed by atoms with Gasteiger partial charge in [-0.3, -0.25) is 19.2 Å². The van der Waals surface area contributed by atoms with Crippen LogP contribution >= 0.6 is 15.9 Å². The molecule has 5 rings (SSSR count). The molecule has 1 aliphatic heterocycles. The van der Waals surface area contributed by atoms with Crippen molar-refractivity contribution in [2.75, 3.05) is 9.62 Å². The van der Waals surface area contributed by atoms with Crippen molar-refractivity contribution in [3.05, 3.63) is 65.2 Å². The van der Waals surface area contributed by atoms with Crippen LogP contribution in [-0.2, 0) is 19.6 Å². The lowest BCUT2D eigenvalue weighted by molar-refractivity contribution is -0.123. The number of nitrogens with zero attached hydrogens (tertiary/aromatic N) is 1. The van der Waals surface area contributed by atoms with Crippen molar-refractivity contribution in [2.24, 2.45) is 23.7 Å². The van der Waals surface area contributed by atoms with Crippen molar-refractivity contribution < 1.29 is 18.0 Å². The lowest BCUT2D eigenvalue weighted by atomic mass is 9.85. The number of allylic oxidation sites excluding steroid dienone is 2. The van der Waals surface area contributed by atoms with E-state index in [1.165, 1.54) is 29.2 Å². The van der Waals surface area contributed by atoms with E-state index in [2.05, 4.69) is 20.7 Å². The Bertz CT molecular complexity index is 1130. The number of amides is 2. The average Bonchev–Trinajstić information content (AvgIpc) is 3.35. The minimum absolute atomic E-state index is 0.0576. The van der Waals surface area contributed by atoms with Crippen molar-refractivity contribution >= 4 is 49.1 Å². The van der Waals surface area contributed by atoms with Crippen LogP contribution in [0.5, 0.6) is 0 Å². The number of carbonyl (C=O) groups excluding carboxylic acids is 2. The van der Waals surface area contributed by atoms with Crippen molar-refractivity contribution in [1.82, 2.24) is 0 Å². The standard InChI is InChI=1S/C21H17BrN2O4S/c22-14-2-1-3-15(11-14)23-29(27,28)17-8-6-16(7-9-17)24-20(25)18-12-4-5-13(10-12)19(18)21(24)26/h1-9,11-13,18-19,23H,10H2/t12-,13+,18-,19?/m0/s1. The summed E-state index contributed by atoms with van der Waals surface area (Å²) in [6.45, 7) is 0. The van der Waals surface area contributed by atoms with Gasteiger partial charge in [-0.05, 0) is 60.7 Å². The van der Waals surface area contributed by atoms with Gasteiger partial charge in [0.15, 0.2) is 0 Å². The molecule has 1 heterocycles. The molecule has 2 fully saturated rings. The van der Waals surface area contributed by atoms with Gasteiger partial charge >= 0.3 is 0 Å². The molecular formula is C21H17BrN2O4S. The van der Waals surface area contributed by atoms with Gasteiger partial charge in [-0.15, -0.1) is 0 Å². The number of nitrogens with one attached hydrogen (secondary N) is 1. The van der Waals surface area contributed by atoms with Gasteiger partial charge in [0.2, 0.25) is 11.8 Å². The quantitative estimate of drug-likeness (QED) is 0.544. The Kier molecular flexibility index (Phi) is 4.18. The molecule has 148 valence electrons. The Morgan fingerprint density at radius 3 is 2.14 bits per heavy atom. The fourth-order valence-electron chi connectivity index (χ4n) is 4.70. The van der Waals surface area contributed by atoms with Crippen molar-refractivity contribution in [1.29, 1.82) is 0 Å². The Morgan fingerprint density at radius 1 is 0.931 bits per heavy atom. The molecule has 1 saturated carbocycles. The molecule has 1 unspecified atom stereocenters. The highest BCUT2D eigenvalue weighted by Gasteiger charge is 2.59. The van der Waals surface area contributed by atoms with E-state index in [-0.39, 0.29) is 40.4 Å². The van der Waals surface area contributed by atoms with E-state index in [0.29, 0.717) is 11.4 Å². The number of hydrogen-bond acceptors (Lipinski definition) is 4. The van der Waals surface area contributed by atoms with Crippen LogP contribution in [0, 0.1) is 23.7 Å². The molecule has 2 aromatic rings. The zero-order valence-electron chi connectivity index (χ0n) is 15.2. The van der Waals surface area contributed by atoms with E-state index in [0.717, 1.165) is 10.9 Å². The first-order chi connectivity index (χ1) is 13.8. The Morgan fingerprint density at radius 2 is 1.55 bits per heavy atom. The fourth-order valence-corrected chi connectivity index (χ4v) is 6.15. The summed E-state index contributed by atoms with van der Waals surface area (Å²) in [6.07, 6.45) is 4.96. The number of hydrogen-bond donors (Lipinski definition) is 1. The summed E-state index contributed by atoms with van der Waals surface area (Å²) >= 11 is 3.31. The molecule has 8 heteroatoms. The lowest BCUT2D eigenvalue weighted by Gasteiger charge is -2.17. The van der Waals surface area contributed by atoms with Gasteiger partial charge in [-0.25, -0.2) is 8.42 Å². The fraction of sp³-hybridized carbons (Fsp3) is 0.238. The van der Waals surface area contributed by atoms with Crippen LogP contribution in [0.25, 0.3) is 0 Å². The minimum Gasteiger partial charge on any atom is -0.280 e. The van der Waals surface area contributed by atoms with E-state index in [1.807, 2.05) is 12.2 Å². The molecular weight excluding hydrogens is 456 g/mol. The zero-order valence-corrected chi connectivity index (χ0v) is 17.6. The Balaban J connectivity index is 1.39. The summed E-state index contributed by atoms with van der Waals surface area (Å²) in [5.41, 5.74) is 0.847. The van der Waals surface area contributed by atoms with Gasteiger partial charge in [0.05, 0.1) is 22.4 Å². The molecule has 4 atom stereocenters. The highest BCUT2D eigenvalue weighted by Crippen LogP contribution is 2.53. The normalized spacial score (nSPS) is 27.6. The molecule has 3 aliphatic rings. The van der Waals surface area contributed by atoms with Crippen molar-refractivity contribution in [2.45, 2.75) is 11.3 Å². The maximum Gasteiger partial charge on any atom is 0.261 e. The summed E-state index contributed by atoms with van der Waals surface area (Å²) in [4.78, 5) is 27.0. The van der Waals surface area contributed by atoms with Gasteiger partial charge in [-0.1, -0.05) is 34.1 Å². The summed E-state index contributed by atoms with van der Waals surface area (Å²) in [7, 11) is -3.79. The summed E-state index contributed by atoms with van der Waals surface area (Å²) in [5, 5.41) is 0. The first-order valence-electron chi connectivity index (χ1n) is 9.30. The van der Waals surface area contributed by atoms with E-state index < -0.39 is 10.0 Å². The summed E-state index contributed by atoms with van der Waals surface area (Å²) in [6, 6.07) is 12.7. The summed E-state index contributed by atoms with van der Waals surface area (Å²) < 4.78 is 28.6. The lowest BCUT2D eigenvalue weighted by Crippen LogP contribution is -2.32. The van der Waals surface area contributed by atoms with Gasteiger partial charge in [-0.2, -0.15) is 0 Å². The third-order valence-electron chi connectivity index (χ3n) is 5.95. The van der Waals surface area contributed by atoms with Crippen LogP contribution in [0.4, 0.5) is 11.4 Å². The molecule has 29 heavy (non-hydrogen) atoms. The second-order valence-electron chi connectivity index (χ2n) is 7.62. The van der Waals surface area contributed by atoms with Gasteiger partial charge in [0, 0.05) is 10.2 Å². The van der Waals surface area contributed by atoms with Crippen LogP contribution in [-0.4, -0.2) is 20.2 Å². The molecule has 0 aromatic heterocycles.